The summed E-state index contributed by atoms with van der Waals surface area (Å²) in [5, 5.41) is 0. The van der Waals surface area contributed by atoms with Crippen molar-refractivity contribution < 1.29 is 9.47 Å². The first kappa shape index (κ1) is 11.7. The zero-order valence-corrected chi connectivity index (χ0v) is 9.08. The molecule has 0 amide bonds. The summed E-state index contributed by atoms with van der Waals surface area (Å²) in [5.41, 5.74) is 0. The molecule has 0 aromatic heterocycles. The second-order valence-corrected chi connectivity index (χ2v) is 3.41. The Labute approximate surface area is 86.7 Å². The molecule has 0 aromatic rings. The predicted octanol–water partition coefficient (Wildman–Crippen LogP) is 1.30. The number of rotatable bonds is 6. The normalized spacial score (nSPS) is 19.2. The van der Waals surface area contributed by atoms with Crippen molar-refractivity contribution >= 4 is 0 Å². The van der Waals surface area contributed by atoms with E-state index < -0.39 is 0 Å². The molecular weight excluding hydrogens is 178 g/mol. The number of ether oxygens (including phenoxy) is 2. The largest absolute Gasteiger partial charge is 0.379 e. The van der Waals surface area contributed by atoms with Crippen LogP contribution in [0.25, 0.3) is 0 Å². The first-order chi connectivity index (χ1) is 6.93. The predicted molar refractivity (Wildman–Crippen MR) is 57.5 cm³/mol. The van der Waals surface area contributed by atoms with Crippen molar-refractivity contribution in [2.75, 3.05) is 46.1 Å². The van der Waals surface area contributed by atoms with E-state index in [1.165, 1.54) is 0 Å². The van der Waals surface area contributed by atoms with Gasteiger partial charge in [0.15, 0.2) is 0 Å². The molecular formula is C11H21NO2. The molecule has 0 aliphatic carbocycles. The first-order valence-electron chi connectivity index (χ1n) is 5.46. The maximum atomic E-state index is 5.47. The lowest BCUT2D eigenvalue weighted by Crippen LogP contribution is -2.38. The van der Waals surface area contributed by atoms with Gasteiger partial charge in [-0.25, -0.2) is 0 Å². The molecule has 14 heavy (non-hydrogen) atoms. The Balaban J connectivity index is 1.89. The maximum absolute atomic E-state index is 5.47. The third kappa shape index (κ3) is 5.37. The van der Waals surface area contributed by atoms with Gasteiger partial charge in [-0.15, -0.1) is 0 Å². The summed E-state index contributed by atoms with van der Waals surface area (Å²) in [5.74, 6) is 0. The summed E-state index contributed by atoms with van der Waals surface area (Å²) in [4.78, 5) is 2.38. The van der Waals surface area contributed by atoms with Crippen molar-refractivity contribution in [1.82, 2.24) is 4.90 Å². The van der Waals surface area contributed by atoms with Crippen LogP contribution >= 0.6 is 0 Å². The molecule has 0 bridgehead atoms. The zero-order chi connectivity index (χ0) is 10.1. The van der Waals surface area contributed by atoms with E-state index >= 15 is 0 Å². The average molecular weight is 199 g/mol. The number of hydrogen-bond acceptors (Lipinski definition) is 3. The standard InChI is InChI=1S/C11H21NO2/c1-2-3-4-8-13-9-5-12-6-10-14-11-7-12/h3-4H,2,5-11H2,1H3. The van der Waals surface area contributed by atoms with E-state index in [4.69, 9.17) is 9.47 Å². The third-order valence-electron chi connectivity index (χ3n) is 2.27. The molecule has 0 radical (unpaired) electrons. The van der Waals surface area contributed by atoms with E-state index in [1.54, 1.807) is 0 Å². The van der Waals surface area contributed by atoms with Gasteiger partial charge in [0, 0.05) is 19.6 Å². The van der Waals surface area contributed by atoms with Crippen LogP contribution in [0.4, 0.5) is 0 Å². The Morgan fingerprint density at radius 1 is 1.29 bits per heavy atom. The van der Waals surface area contributed by atoms with Gasteiger partial charge in [0.05, 0.1) is 26.4 Å². The second-order valence-electron chi connectivity index (χ2n) is 3.41. The quantitative estimate of drug-likeness (QED) is 0.475. The van der Waals surface area contributed by atoms with Gasteiger partial charge < -0.3 is 9.47 Å². The van der Waals surface area contributed by atoms with E-state index in [-0.39, 0.29) is 0 Å². The number of morpholine rings is 1. The van der Waals surface area contributed by atoms with E-state index in [9.17, 15) is 0 Å². The minimum absolute atomic E-state index is 0.748. The molecule has 0 aromatic carbocycles. The van der Waals surface area contributed by atoms with E-state index in [2.05, 4.69) is 24.0 Å². The number of allylic oxidation sites excluding steroid dienone is 1. The Morgan fingerprint density at radius 3 is 2.79 bits per heavy atom. The van der Waals surface area contributed by atoms with E-state index in [0.717, 1.165) is 52.5 Å². The van der Waals surface area contributed by atoms with Crippen LogP contribution in [0.5, 0.6) is 0 Å². The van der Waals surface area contributed by atoms with Gasteiger partial charge in [0.2, 0.25) is 0 Å². The summed E-state index contributed by atoms with van der Waals surface area (Å²) in [7, 11) is 0. The Morgan fingerprint density at radius 2 is 2.07 bits per heavy atom. The van der Waals surface area contributed by atoms with E-state index in [1.807, 2.05) is 0 Å². The number of hydrogen-bond donors (Lipinski definition) is 0. The van der Waals surface area contributed by atoms with Gasteiger partial charge in [0.1, 0.15) is 0 Å². The molecule has 0 spiro atoms. The summed E-state index contributed by atoms with van der Waals surface area (Å²) in [6.07, 6.45) is 5.31. The highest BCUT2D eigenvalue weighted by molar-refractivity contribution is 4.79. The molecule has 1 fully saturated rings. The molecule has 0 saturated carbocycles. The molecule has 1 heterocycles. The highest BCUT2D eigenvalue weighted by atomic mass is 16.5. The highest BCUT2D eigenvalue weighted by Crippen LogP contribution is 1.95. The lowest BCUT2D eigenvalue weighted by atomic mass is 10.4. The van der Waals surface area contributed by atoms with Gasteiger partial charge >= 0.3 is 0 Å². The van der Waals surface area contributed by atoms with Gasteiger partial charge in [-0.2, -0.15) is 0 Å². The fourth-order valence-corrected chi connectivity index (χ4v) is 1.40. The van der Waals surface area contributed by atoms with Crippen LogP contribution in [0.2, 0.25) is 0 Å². The Hall–Kier alpha value is -0.380. The van der Waals surface area contributed by atoms with Gasteiger partial charge in [0.25, 0.3) is 0 Å². The molecule has 1 saturated heterocycles. The SMILES string of the molecule is CCC=CCOCCN1CCOCC1. The van der Waals surface area contributed by atoms with Gasteiger partial charge in [-0.05, 0) is 6.42 Å². The lowest BCUT2D eigenvalue weighted by Gasteiger charge is -2.26. The topological polar surface area (TPSA) is 21.7 Å². The molecule has 3 nitrogen and oxygen atoms in total. The molecule has 0 atom stereocenters. The van der Waals surface area contributed by atoms with Crippen molar-refractivity contribution in [2.45, 2.75) is 13.3 Å². The van der Waals surface area contributed by atoms with Crippen molar-refractivity contribution in [3.8, 4) is 0 Å². The number of nitrogens with zero attached hydrogens (tertiary/aromatic N) is 1. The van der Waals surface area contributed by atoms with Crippen LogP contribution in [0.1, 0.15) is 13.3 Å². The zero-order valence-electron chi connectivity index (χ0n) is 9.08. The molecule has 0 unspecified atom stereocenters. The van der Waals surface area contributed by atoms with Crippen molar-refractivity contribution in [3.63, 3.8) is 0 Å². The fourth-order valence-electron chi connectivity index (χ4n) is 1.40. The van der Waals surface area contributed by atoms with Crippen molar-refractivity contribution in [1.29, 1.82) is 0 Å². The van der Waals surface area contributed by atoms with Crippen molar-refractivity contribution in [2.24, 2.45) is 0 Å². The van der Waals surface area contributed by atoms with Crippen LogP contribution in [0.3, 0.4) is 0 Å². The monoisotopic (exact) mass is 199 g/mol. The first-order valence-corrected chi connectivity index (χ1v) is 5.46. The van der Waals surface area contributed by atoms with E-state index in [0.29, 0.717) is 0 Å². The minimum Gasteiger partial charge on any atom is -0.379 e. The summed E-state index contributed by atoms with van der Waals surface area (Å²) in [6, 6.07) is 0. The van der Waals surface area contributed by atoms with Crippen LogP contribution in [-0.4, -0.2) is 51.0 Å². The maximum Gasteiger partial charge on any atom is 0.0648 e. The molecule has 1 rings (SSSR count). The molecule has 1 aliphatic heterocycles. The van der Waals surface area contributed by atoms with Gasteiger partial charge in [-0.3, -0.25) is 4.90 Å². The summed E-state index contributed by atoms with van der Waals surface area (Å²) in [6.45, 7) is 8.58. The molecule has 0 N–H and O–H groups in total. The Kier molecular flexibility index (Phi) is 6.66. The lowest BCUT2D eigenvalue weighted by molar-refractivity contribution is 0.0233. The Bertz CT molecular complexity index is 153. The fraction of sp³-hybridized carbons (Fsp3) is 0.818. The van der Waals surface area contributed by atoms with Crippen molar-refractivity contribution in [3.05, 3.63) is 12.2 Å². The van der Waals surface area contributed by atoms with Crippen LogP contribution in [-0.2, 0) is 9.47 Å². The van der Waals surface area contributed by atoms with Gasteiger partial charge in [-0.1, -0.05) is 19.1 Å². The smallest absolute Gasteiger partial charge is 0.0648 e. The average Bonchev–Trinajstić information content (AvgIpc) is 2.25. The summed E-state index contributed by atoms with van der Waals surface area (Å²) >= 11 is 0. The van der Waals surface area contributed by atoms with Crippen LogP contribution in [0.15, 0.2) is 12.2 Å². The third-order valence-corrected chi connectivity index (χ3v) is 2.27. The minimum atomic E-state index is 0.748. The van der Waals surface area contributed by atoms with Crippen LogP contribution in [0, 0.1) is 0 Å². The molecule has 1 aliphatic rings. The highest BCUT2D eigenvalue weighted by Gasteiger charge is 2.08. The second kappa shape index (κ2) is 7.97. The summed E-state index contributed by atoms with van der Waals surface area (Å²) < 4.78 is 10.7. The molecule has 3 heteroatoms. The molecule has 82 valence electrons. The van der Waals surface area contributed by atoms with Crippen LogP contribution < -0.4 is 0 Å².